The van der Waals surface area contributed by atoms with Gasteiger partial charge in [0.25, 0.3) is 11.8 Å². The lowest BCUT2D eigenvalue weighted by atomic mass is 9.93. The fraction of sp³-hybridized carbons (Fsp3) is 0.316. The van der Waals surface area contributed by atoms with E-state index in [2.05, 4.69) is 0 Å². The summed E-state index contributed by atoms with van der Waals surface area (Å²) in [6, 6.07) is 9.16. The maximum absolute atomic E-state index is 12.7. The highest BCUT2D eigenvalue weighted by Gasteiger charge is 2.35. The molecule has 2 amide bonds. The number of carbonyl (C=O) groups is 2. The normalized spacial score (nSPS) is 16.8. The molecule has 1 aromatic rings. The van der Waals surface area contributed by atoms with E-state index in [1.165, 1.54) is 0 Å². The number of nitriles is 1. The summed E-state index contributed by atoms with van der Waals surface area (Å²) in [5.41, 5.74) is 1.62. The standard InChI is InChI=1S/C19H20N2O3/c1-12(2)11-21-18(22)16(13(3)17(10-20)19(21)23)9-14-5-7-15(24-4)8-6-14/h5-9,12H,11H2,1-4H3/b16-9+. The summed E-state index contributed by atoms with van der Waals surface area (Å²) < 4.78 is 5.12. The van der Waals surface area contributed by atoms with Gasteiger partial charge in [-0.25, -0.2) is 0 Å². The van der Waals surface area contributed by atoms with Crippen LogP contribution >= 0.6 is 0 Å². The highest BCUT2D eigenvalue weighted by molar-refractivity contribution is 6.19. The summed E-state index contributed by atoms with van der Waals surface area (Å²) in [7, 11) is 1.58. The lowest BCUT2D eigenvalue weighted by Gasteiger charge is -2.28. The monoisotopic (exact) mass is 324 g/mol. The van der Waals surface area contributed by atoms with Gasteiger partial charge in [0, 0.05) is 12.1 Å². The number of rotatable bonds is 4. The first-order valence-corrected chi connectivity index (χ1v) is 7.72. The number of nitrogens with zero attached hydrogens (tertiary/aromatic N) is 2. The van der Waals surface area contributed by atoms with Crippen LogP contribution in [0.5, 0.6) is 5.75 Å². The highest BCUT2D eigenvalue weighted by Crippen LogP contribution is 2.27. The van der Waals surface area contributed by atoms with E-state index in [0.717, 1.165) is 10.5 Å². The molecule has 0 saturated heterocycles. The van der Waals surface area contributed by atoms with Crippen LogP contribution in [0.25, 0.3) is 6.08 Å². The fourth-order valence-electron chi connectivity index (χ4n) is 2.53. The predicted octanol–water partition coefficient (Wildman–Crippen LogP) is 2.94. The Morgan fingerprint density at radius 2 is 1.83 bits per heavy atom. The minimum Gasteiger partial charge on any atom is -0.497 e. The molecule has 24 heavy (non-hydrogen) atoms. The first kappa shape index (κ1) is 17.5. The van der Waals surface area contributed by atoms with Gasteiger partial charge in [0.2, 0.25) is 0 Å². The molecule has 0 unspecified atom stereocenters. The minimum absolute atomic E-state index is 0.0232. The molecule has 1 aromatic carbocycles. The molecule has 5 heteroatoms. The van der Waals surface area contributed by atoms with Crippen molar-refractivity contribution in [2.75, 3.05) is 13.7 Å². The number of amides is 2. The minimum atomic E-state index is -0.513. The van der Waals surface area contributed by atoms with E-state index in [-0.39, 0.29) is 23.9 Å². The molecule has 0 aliphatic carbocycles. The first-order valence-electron chi connectivity index (χ1n) is 7.72. The maximum Gasteiger partial charge on any atom is 0.271 e. The van der Waals surface area contributed by atoms with Crippen LogP contribution in [-0.4, -0.2) is 30.4 Å². The SMILES string of the molecule is COc1ccc(/C=C2/C(=O)N(CC(C)C)C(=O)C(C#N)=C2C)cc1. The van der Waals surface area contributed by atoms with Gasteiger partial charge >= 0.3 is 0 Å². The number of hydrogen-bond donors (Lipinski definition) is 0. The Kier molecular flexibility index (Phi) is 5.20. The van der Waals surface area contributed by atoms with Crippen molar-refractivity contribution in [2.45, 2.75) is 20.8 Å². The molecular formula is C19H20N2O3. The zero-order chi connectivity index (χ0) is 17.9. The van der Waals surface area contributed by atoms with E-state index in [1.807, 2.05) is 32.0 Å². The van der Waals surface area contributed by atoms with Crippen molar-refractivity contribution in [3.63, 3.8) is 0 Å². The van der Waals surface area contributed by atoms with Crippen molar-refractivity contribution in [3.05, 3.63) is 46.5 Å². The summed E-state index contributed by atoms with van der Waals surface area (Å²) in [4.78, 5) is 26.3. The van der Waals surface area contributed by atoms with Crippen LogP contribution in [-0.2, 0) is 9.59 Å². The van der Waals surface area contributed by atoms with Crippen molar-refractivity contribution < 1.29 is 14.3 Å². The zero-order valence-electron chi connectivity index (χ0n) is 14.3. The van der Waals surface area contributed by atoms with Crippen LogP contribution < -0.4 is 4.74 Å². The largest absolute Gasteiger partial charge is 0.497 e. The molecular weight excluding hydrogens is 304 g/mol. The Hall–Kier alpha value is -2.87. The third kappa shape index (κ3) is 3.38. The van der Waals surface area contributed by atoms with Crippen molar-refractivity contribution in [1.29, 1.82) is 5.26 Å². The Morgan fingerprint density at radius 1 is 1.21 bits per heavy atom. The Labute approximate surface area is 141 Å². The lowest BCUT2D eigenvalue weighted by Crippen LogP contribution is -2.44. The van der Waals surface area contributed by atoms with Crippen molar-refractivity contribution in [3.8, 4) is 11.8 Å². The van der Waals surface area contributed by atoms with Crippen LogP contribution in [0.2, 0.25) is 0 Å². The van der Waals surface area contributed by atoms with E-state index in [4.69, 9.17) is 4.74 Å². The third-order valence-electron chi connectivity index (χ3n) is 3.80. The molecule has 2 rings (SSSR count). The van der Waals surface area contributed by atoms with Gasteiger partial charge in [0.1, 0.15) is 17.4 Å². The molecule has 0 saturated carbocycles. The number of imide groups is 1. The summed E-state index contributed by atoms with van der Waals surface area (Å²) in [5, 5.41) is 9.31. The van der Waals surface area contributed by atoms with Gasteiger partial charge in [-0.3, -0.25) is 14.5 Å². The van der Waals surface area contributed by atoms with Crippen LogP contribution in [0, 0.1) is 17.2 Å². The Bertz CT molecular complexity index is 765. The molecule has 124 valence electrons. The molecule has 1 aliphatic rings. The Balaban J connectivity index is 2.51. The van der Waals surface area contributed by atoms with E-state index in [9.17, 15) is 14.9 Å². The molecule has 0 spiro atoms. The lowest BCUT2D eigenvalue weighted by molar-refractivity contribution is -0.141. The van der Waals surface area contributed by atoms with Crippen LogP contribution in [0.4, 0.5) is 0 Å². The molecule has 0 radical (unpaired) electrons. The van der Waals surface area contributed by atoms with Crippen molar-refractivity contribution in [2.24, 2.45) is 5.92 Å². The summed E-state index contributed by atoms with van der Waals surface area (Å²) in [5.74, 6) is -0.0335. The number of benzene rings is 1. The van der Waals surface area contributed by atoms with E-state index in [1.54, 1.807) is 32.2 Å². The quantitative estimate of drug-likeness (QED) is 0.630. The molecule has 1 heterocycles. The molecule has 1 aliphatic heterocycles. The second-order valence-electron chi connectivity index (χ2n) is 6.06. The van der Waals surface area contributed by atoms with Gasteiger partial charge in [-0.05, 0) is 42.2 Å². The summed E-state index contributed by atoms with van der Waals surface area (Å²) in [6.45, 7) is 5.77. The van der Waals surface area contributed by atoms with Gasteiger partial charge in [-0.2, -0.15) is 5.26 Å². The average Bonchev–Trinajstić information content (AvgIpc) is 2.56. The van der Waals surface area contributed by atoms with E-state index >= 15 is 0 Å². The smallest absolute Gasteiger partial charge is 0.271 e. The molecule has 0 fully saturated rings. The third-order valence-corrected chi connectivity index (χ3v) is 3.80. The molecule has 0 bridgehead atoms. The zero-order valence-corrected chi connectivity index (χ0v) is 14.3. The van der Waals surface area contributed by atoms with Crippen LogP contribution in [0.1, 0.15) is 26.3 Å². The van der Waals surface area contributed by atoms with E-state index < -0.39 is 5.91 Å². The van der Waals surface area contributed by atoms with Crippen molar-refractivity contribution >= 4 is 17.9 Å². The fourth-order valence-corrected chi connectivity index (χ4v) is 2.53. The van der Waals surface area contributed by atoms with Crippen molar-refractivity contribution in [1.82, 2.24) is 4.90 Å². The maximum atomic E-state index is 12.7. The molecule has 0 atom stereocenters. The van der Waals surface area contributed by atoms with Gasteiger partial charge in [0.05, 0.1) is 7.11 Å². The summed E-state index contributed by atoms with van der Waals surface area (Å²) >= 11 is 0. The first-order chi connectivity index (χ1) is 11.4. The predicted molar refractivity (Wildman–Crippen MR) is 90.8 cm³/mol. The van der Waals surface area contributed by atoms with Gasteiger partial charge in [0.15, 0.2) is 0 Å². The molecule has 0 aromatic heterocycles. The highest BCUT2D eigenvalue weighted by atomic mass is 16.5. The second-order valence-corrected chi connectivity index (χ2v) is 6.06. The van der Waals surface area contributed by atoms with Gasteiger partial charge < -0.3 is 4.74 Å². The van der Waals surface area contributed by atoms with Gasteiger partial charge in [-0.1, -0.05) is 26.0 Å². The Morgan fingerprint density at radius 3 is 2.33 bits per heavy atom. The number of methoxy groups -OCH3 is 1. The number of carbonyl (C=O) groups excluding carboxylic acids is 2. The van der Waals surface area contributed by atoms with Gasteiger partial charge in [-0.15, -0.1) is 0 Å². The van der Waals surface area contributed by atoms with Crippen LogP contribution in [0.3, 0.4) is 0 Å². The van der Waals surface area contributed by atoms with E-state index in [0.29, 0.717) is 16.9 Å². The average molecular weight is 324 g/mol. The summed E-state index contributed by atoms with van der Waals surface area (Å²) in [6.07, 6.45) is 1.70. The molecule has 5 nitrogen and oxygen atoms in total. The number of ether oxygens (including phenoxy) is 1. The second kappa shape index (κ2) is 7.14. The topological polar surface area (TPSA) is 70.4 Å². The van der Waals surface area contributed by atoms with Crippen LogP contribution in [0.15, 0.2) is 41.0 Å². The number of hydrogen-bond acceptors (Lipinski definition) is 4. The molecule has 0 N–H and O–H groups in total.